The highest BCUT2D eigenvalue weighted by Gasteiger charge is 2.20. The second kappa shape index (κ2) is 11.2. The molecule has 220 valence electrons. The minimum absolute atomic E-state index is 0.626. The van der Waals surface area contributed by atoms with Crippen molar-refractivity contribution in [3.05, 3.63) is 164 Å². The summed E-state index contributed by atoms with van der Waals surface area (Å²) in [6, 6.07) is 56.3. The Bertz CT molecular complexity index is 2430. The van der Waals surface area contributed by atoms with E-state index >= 15 is 0 Å². The highest BCUT2D eigenvalue weighted by molar-refractivity contribution is 6.04. The molecule has 0 fully saturated rings. The summed E-state index contributed by atoms with van der Waals surface area (Å²) >= 11 is 0. The van der Waals surface area contributed by atoms with Crippen molar-refractivity contribution in [3.8, 4) is 79.0 Å². The molecule has 1 aliphatic rings. The van der Waals surface area contributed by atoms with Crippen LogP contribution in [0.3, 0.4) is 0 Å². The van der Waals surface area contributed by atoms with Crippen LogP contribution in [0.25, 0.3) is 78.3 Å². The zero-order valence-corrected chi connectivity index (χ0v) is 25.3. The second-order valence-corrected chi connectivity index (χ2v) is 11.7. The summed E-state index contributed by atoms with van der Waals surface area (Å²) in [6.07, 6.45) is 0. The lowest BCUT2D eigenvalue weighted by Gasteiger charge is -2.22. The van der Waals surface area contributed by atoms with E-state index in [4.69, 9.17) is 19.7 Å². The van der Waals surface area contributed by atoms with Crippen LogP contribution in [-0.2, 0) is 0 Å². The molecule has 9 rings (SSSR count). The Kier molecular flexibility index (Phi) is 6.43. The number of aromatic nitrogens is 3. The standard InChI is InChI=1S/C43H27N3O/c1-3-11-28(12-4-1)31-17-7-19-34(25-31)42-44-41(30-13-5-2-6-14-30)45-43(46-42)35-20-8-18-32(26-35)33-23-24-38-37(27-33)36-21-9-15-29-16-10-22-39(47-38)40(29)36/h1-27H. The summed E-state index contributed by atoms with van der Waals surface area (Å²) in [6.45, 7) is 0. The third-order valence-electron chi connectivity index (χ3n) is 8.71. The molecular weight excluding hydrogens is 574 g/mol. The van der Waals surface area contributed by atoms with E-state index in [1.165, 1.54) is 10.9 Å². The molecule has 47 heavy (non-hydrogen) atoms. The zero-order chi connectivity index (χ0) is 31.2. The first kappa shape index (κ1) is 27.0. The smallest absolute Gasteiger partial charge is 0.164 e. The van der Waals surface area contributed by atoms with Crippen LogP contribution in [0.4, 0.5) is 0 Å². The molecule has 0 unspecified atom stereocenters. The van der Waals surface area contributed by atoms with Gasteiger partial charge in [-0.2, -0.15) is 0 Å². The highest BCUT2D eigenvalue weighted by Crippen LogP contribution is 2.47. The highest BCUT2D eigenvalue weighted by atomic mass is 16.5. The van der Waals surface area contributed by atoms with Gasteiger partial charge in [0.1, 0.15) is 11.5 Å². The van der Waals surface area contributed by atoms with E-state index in [1.807, 2.05) is 48.5 Å². The van der Waals surface area contributed by atoms with Gasteiger partial charge in [-0.05, 0) is 63.5 Å². The van der Waals surface area contributed by atoms with Gasteiger partial charge in [-0.15, -0.1) is 0 Å². The fourth-order valence-electron chi connectivity index (χ4n) is 6.40. The molecule has 0 N–H and O–H groups in total. The SMILES string of the molecule is c1ccc(-c2cccc(-c3nc(-c4ccccc4)nc(-c4cccc(-c5ccc6c(c5)-c5cccc7cccc(c57)O6)c4)n3)c2)cc1. The van der Waals surface area contributed by atoms with Crippen LogP contribution in [0.5, 0.6) is 11.5 Å². The molecule has 2 heterocycles. The quantitative estimate of drug-likeness (QED) is 0.197. The lowest BCUT2D eigenvalue weighted by atomic mass is 9.92. The average molecular weight is 602 g/mol. The van der Waals surface area contributed by atoms with E-state index < -0.39 is 0 Å². The van der Waals surface area contributed by atoms with E-state index in [9.17, 15) is 0 Å². The number of benzene rings is 7. The minimum atomic E-state index is 0.626. The van der Waals surface area contributed by atoms with Crippen molar-refractivity contribution >= 4 is 10.8 Å². The van der Waals surface area contributed by atoms with Gasteiger partial charge in [-0.1, -0.05) is 133 Å². The van der Waals surface area contributed by atoms with Crippen LogP contribution in [0, 0.1) is 0 Å². The van der Waals surface area contributed by atoms with Gasteiger partial charge >= 0.3 is 0 Å². The predicted octanol–water partition coefficient (Wildman–Crippen LogP) is 11.1. The largest absolute Gasteiger partial charge is 0.456 e. The molecule has 1 aromatic heterocycles. The second-order valence-electron chi connectivity index (χ2n) is 11.7. The van der Waals surface area contributed by atoms with Crippen LogP contribution in [-0.4, -0.2) is 15.0 Å². The third kappa shape index (κ3) is 4.93. The molecule has 0 amide bonds. The molecule has 0 saturated heterocycles. The van der Waals surface area contributed by atoms with Crippen molar-refractivity contribution in [1.82, 2.24) is 15.0 Å². The first-order chi connectivity index (χ1) is 23.3. The van der Waals surface area contributed by atoms with Gasteiger partial charge in [0, 0.05) is 27.6 Å². The van der Waals surface area contributed by atoms with Crippen LogP contribution in [0.2, 0.25) is 0 Å². The monoisotopic (exact) mass is 601 g/mol. The fourth-order valence-corrected chi connectivity index (χ4v) is 6.40. The summed E-state index contributed by atoms with van der Waals surface area (Å²) < 4.78 is 6.35. The van der Waals surface area contributed by atoms with Crippen LogP contribution >= 0.6 is 0 Å². The van der Waals surface area contributed by atoms with E-state index in [2.05, 4.69) is 115 Å². The first-order valence-corrected chi connectivity index (χ1v) is 15.7. The van der Waals surface area contributed by atoms with Gasteiger partial charge in [-0.25, -0.2) is 15.0 Å². The number of nitrogens with zero attached hydrogens (tertiary/aromatic N) is 3. The normalized spacial score (nSPS) is 11.6. The lowest BCUT2D eigenvalue weighted by molar-refractivity contribution is 0.487. The minimum Gasteiger partial charge on any atom is -0.456 e. The molecule has 1 aliphatic heterocycles. The van der Waals surface area contributed by atoms with E-state index in [0.29, 0.717) is 17.5 Å². The molecule has 4 nitrogen and oxygen atoms in total. The summed E-state index contributed by atoms with van der Waals surface area (Å²) in [5.41, 5.74) is 9.50. The van der Waals surface area contributed by atoms with Crippen molar-refractivity contribution in [1.29, 1.82) is 0 Å². The van der Waals surface area contributed by atoms with Crippen molar-refractivity contribution in [3.63, 3.8) is 0 Å². The molecule has 0 aliphatic carbocycles. The van der Waals surface area contributed by atoms with Gasteiger partial charge in [-0.3, -0.25) is 0 Å². The maximum Gasteiger partial charge on any atom is 0.164 e. The Morgan fingerprint density at radius 3 is 1.51 bits per heavy atom. The number of ether oxygens (including phenoxy) is 1. The van der Waals surface area contributed by atoms with Crippen molar-refractivity contribution in [2.24, 2.45) is 0 Å². The lowest BCUT2D eigenvalue weighted by Crippen LogP contribution is -2.00. The number of hydrogen-bond donors (Lipinski definition) is 0. The Balaban J connectivity index is 1.15. The van der Waals surface area contributed by atoms with E-state index in [-0.39, 0.29) is 0 Å². The molecule has 0 spiro atoms. The Morgan fingerprint density at radius 1 is 0.319 bits per heavy atom. The van der Waals surface area contributed by atoms with Gasteiger partial charge < -0.3 is 4.74 Å². The van der Waals surface area contributed by atoms with Gasteiger partial charge in [0.2, 0.25) is 0 Å². The van der Waals surface area contributed by atoms with E-state index in [0.717, 1.165) is 61.4 Å². The third-order valence-corrected chi connectivity index (χ3v) is 8.71. The van der Waals surface area contributed by atoms with Crippen molar-refractivity contribution in [2.45, 2.75) is 0 Å². The summed E-state index contributed by atoms with van der Waals surface area (Å²) in [4.78, 5) is 15.0. The molecule has 0 bridgehead atoms. The van der Waals surface area contributed by atoms with Gasteiger partial charge in [0.15, 0.2) is 17.5 Å². The molecular formula is C43H27N3O. The molecule has 8 aromatic rings. The fraction of sp³-hybridized carbons (Fsp3) is 0. The van der Waals surface area contributed by atoms with Crippen LogP contribution in [0.15, 0.2) is 164 Å². The topological polar surface area (TPSA) is 47.9 Å². The molecule has 0 saturated carbocycles. The van der Waals surface area contributed by atoms with E-state index in [1.54, 1.807) is 0 Å². The summed E-state index contributed by atoms with van der Waals surface area (Å²) in [5, 5.41) is 2.32. The molecule has 4 heteroatoms. The average Bonchev–Trinajstić information content (AvgIpc) is 3.15. The van der Waals surface area contributed by atoms with Crippen molar-refractivity contribution in [2.75, 3.05) is 0 Å². The van der Waals surface area contributed by atoms with Crippen LogP contribution < -0.4 is 4.74 Å². The van der Waals surface area contributed by atoms with Crippen molar-refractivity contribution < 1.29 is 4.74 Å². The summed E-state index contributed by atoms with van der Waals surface area (Å²) in [7, 11) is 0. The Morgan fingerprint density at radius 2 is 0.830 bits per heavy atom. The Hall–Kier alpha value is -6.39. The molecule has 0 atom stereocenters. The molecule has 0 radical (unpaired) electrons. The van der Waals surface area contributed by atoms with Gasteiger partial charge in [0.05, 0.1) is 0 Å². The predicted molar refractivity (Wildman–Crippen MR) is 190 cm³/mol. The molecule has 7 aromatic carbocycles. The van der Waals surface area contributed by atoms with Crippen LogP contribution in [0.1, 0.15) is 0 Å². The van der Waals surface area contributed by atoms with Gasteiger partial charge in [0.25, 0.3) is 0 Å². The zero-order valence-electron chi connectivity index (χ0n) is 25.3. The maximum absolute atomic E-state index is 6.35. The maximum atomic E-state index is 6.35. The number of hydrogen-bond acceptors (Lipinski definition) is 4. The first-order valence-electron chi connectivity index (χ1n) is 15.7. The Labute approximate surface area is 272 Å². The number of fused-ring (bicyclic) bond motifs is 2. The number of rotatable bonds is 5. The summed E-state index contributed by atoms with van der Waals surface area (Å²) in [5.74, 6) is 3.66.